The van der Waals surface area contributed by atoms with Crippen molar-refractivity contribution in [3.05, 3.63) is 33.3 Å². The van der Waals surface area contributed by atoms with Crippen molar-refractivity contribution in [1.29, 1.82) is 0 Å². The van der Waals surface area contributed by atoms with E-state index in [1.54, 1.807) is 6.92 Å². The fourth-order valence-electron chi connectivity index (χ4n) is 1.07. The summed E-state index contributed by atoms with van der Waals surface area (Å²) in [6, 6.07) is 4.07. The maximum absolute atomic E-state index is 11.5. The molecule has 0 aliphatic heterocycles. The van der Waals surface area contributed by atoms with E-state index in [9.17, 15) is 14.9 Å². The number of hydrogen-bond acceptors (Lipinski definition) is 3. The maximum atomic E-state index is 11.5. The van der Waals surface area contributed by atoms with Crippen molar-refractivity contribution in [3.63, 3.8) is 0 Å². The van der Waals surface area contributed by atoms with E-state index in [4.69, 9.17) is 23.2 Å². The Morgan fingerprint density at radius 1 is 1.59 bits per heavy atom. The van der Waals surface area contributed by atoms with Gasteiger partial charge >= 0.3 is 0 Å². The average molecular weight is 277 g/mol. The van der Waals surface area contributed by atoms with E-state index in [0.29, 0.717) is 5.69 Å². The summed E-state index contributed by atoms with van der Waals surface area (Å²) in [4.78, 5) is 21.5. The highest BCUT2D eigenvalue weighted by Gasteiger charge is 2.16. The fourth-order valence-corrected chi connectivity index (χ4v) is 1.39. The Kier molecular flexibility index (Phi) is 4.72. The number of halogens is 2. The van der Waals surface area contributed by atoms with Crippen LogP contribution < -0.4 is 5.32 Å². The van der Waals surface area contributed by atoms with Crippen LogP contribution in [0.2, 0.25) is 5.02 Å². The molecule has 5 nitrogen and oxygen atoms in total. The minimum absolute atomic E-state index is 0.0263. The summed E-state index contributed by atoms with van der Waals surface area (Å²) < 4.78 is 0. The number of rotatable bonds is 4. The second-order valence-corrected chi connectivity index (χ2v) is 4.18. The second-order valence-electron chi connectivity index (χ2n) is 3.47. The van der Waals surface area contributed by atoms with Crippen LogP contribution in [0.1, 0.15) is 6.92 Å². The van der Waals surface area contributed by atoms with Crippen LogP contribution in [0.25, 0.3) is 0 Å². The topological polar surface area (TPSA) is 72.2 Å². The summed E-state index contributed by atoms with van der Waals surface area (Å²) in [6.45, 7) is 1.66. The number of benzene rings is 1. The minimum Gasteiger partial charge on any atom is -0.326 e. The molecule has 1 unspecified atom stereocenters. The molecule has 0 aliphatic rings. The molecule has 0 radical (unpaired) electrons. The molecule has 1 amide bonds. The molecule has 1 aromatic carbocycles. The van der Waals surface area contributed by atoms with Crippen LogP contribution in [-0.2, 0) is 4.79 Å². The van der Waals surface area contributed by atoms with E-state index >= 15 is 0 Å². The SMILES string of the molecule is CC(CCl)C(=O)Nc1ccc(Cl)c([N+](=O)[O-])c1. The lowest BCUT2D eigenvalue weighted by molar-refractivity contribution is -0.384. The first-order valence-corrected chi connectivity index (χ1v) is 5.67. The monoisotopic (exact) mass is 276 g/mol. The first-order chi connectivity index (χ1) is 7.95. The van der Waals surface area contributed by atoms with Crippen LogP contribution in [0.4, 0.5) is 11.4 Å². The largest absolute Gasteiger partial charge is 0.326 e. The summed E-state index contributed by atoms with van der Waals surface area (Å²) in [6.07, 6.45) is 0. The lowest BCUT2D eigenvalue weighted by atomic mass is 10.2. The summed E-state index contributed by atoms with van der Waals surface area (Å²) in [5.41, 5.74) is 0.0751. The number of nitrogens with zero attached hydrogens (tertiary/aromatic N) is 1. The van der Waals surface area contributed by atoms with Gasteiger partial charge in [0.25, 0.3) is 5.69 Å². The predicted octanol–water partition coefficient (Wildman–Crippen LogP) is 3.06. The number of anilines is 1. The van der Waals surface area contributed by atoms with Crippen LogP contribution >= 0.6 is 23.2 Å². The van der Waals surface area contributed by atoms with Crippen molar-refractivity contribution in [2.45, 2.75) is 6.92 Å². The van der Waals surface area contributed by atoms with Gasteiger partial charge in [-0.1, -0.05) is 18.5 Å². The van der Waals surface area contributed by atoms with Crippen LogP contribution in [0, 0.1) is 16.0 Å². The Bertz CT molecular complexity index is 451. The van der Waals surface area contributed by atoms with Gasteiger partial charge in [0.15, 0.2) is 0 Å². The molecule has 0 aliphatic carbocycles. The van der Waals surface area contributed by atoms with Gasteiger partial charge in [-0.15, -0.1) is 11.6 Å². The third-order valence-corrected chi connectivity index (χ3v) is 2.87. The molecule has 7 heteroatoms. The first kappa shape index (κ1) is 13.7. The lowest BCUT2D eigenvalue weighted by Crippen LogP contribution is -2.21. The molecule has 1 atom stereocenters. The molecule has 1 rings (SSSR count). The number of carbonyl (C=O) groups is 1. The van der Waals surface area contributed by atoms with Gasteiger partial charge < -0.3 is 5.32 Å². The molecule has 0 bridgehead atoms. The van der Waals surface area contributed by atoms with E-state index < -0.39 is 4.92 Å². The van der Waals surface area contributed by atoms with Crippen LogP contribution in [0.15, 0.2) is 18.2 Å². The third kappa shape index (κ3) is 3.57. The molecule has 0 saturated carbocycles. The highest BCUT2D eigenvalue weighted by molar-refractivity contribution is 6.32. The zero-order valence-electron chi connectivity index (χ0n) is 8.94. The lowest BCUT2D eigenvalue weighted by Gasteiger charge is -2.09. The fraction of sp³-hybridized carbons (Fsp3) is 0.300. The summed E-state index contributed by atoms with van der Waals surface area (Å²) >= 11 is 11.2. The smallest absolute Gasteiger partial charge is 0.289 e. The summed E-state index contributed by atoms with van der Waals surface area (Å²) in [5, 5.41) is 13.2. The Balaban J connectivity index is 2.90. The zero-order valence-corrected chi connectivity index (χ0v) is 10.5. The molecule has 0 heterocycles. The normalized spacial score (nSPS) is 11.9. The molecule has 0 saturated heterocycles. The van der Waals surface area contributed by atoms with Gasteiger partial charge in [0.1, 0.15) is 5.02 Å². The van der Waals surface area contributed by atoms with Crippen molar-refractivity contribution < 1.29 is 9.72 Å². The highest BCUT2D eigenvalue weighted by atomic mass is 35.5. The Labute approximate surface area is 108 Å². The van der Waals surface area contributed by atoms with Gasteiger partial charge in [-0.2, -0.15) is 0 Å². The van der Waals surface area contributed by atoms with E-state index in [-0.39, 0.29) is 28.4 Å². The van der Waals surface area contributed by atoms with Crippen LogP contribution in [0.5, 0.6) is 0 Å². The number of hydrogen-bond donors (Lipinski definition) is 1. The molecule has 92 valence electrons. The number of nitrogens with one attached hydrogen (secondary N) is 1. The van der Waals surface area contributed by atoms with Crippen molar-refractivity contribution >= 4 is 40.5 Å². The predicted molar refractivity (Wildman–Crippen MR) is 66.6 cm³/mol. The Morgan fingerprint density at radius 3 is 2.76 bits per heavy atom. The third-order valence-electron chi connectivity index (χ3n) is 2.09. The molecular formula is C10H10Cl2N2O3. The van der Waals surface area contributed by atoms with Gasteiger partial charge in [0, 0.05) is 23.6 Å². The molecular weight excluding hydrogens is 267 g/mol. The molecule has 0 fully saturated rings. The standard InChI is InChI=1S/C10H10Cl2N2O3/c1-6(5-11)10(15)13-7-2-3-8(12)9(4-7)14(16)17/h2-4,6H,5H2,1H3,(H,13,15). The van der Waals surface area contributed by atoms with E-state index in [1.165, 1.54) is 18.2 Å². The molecule has 17 heavy (non-hydrogen) atoms. The second kappa shape index (κ2) is 5.84. The maximum Gasteiger partial charge on any atom is 0.289 e. The number of nitro benzene ring substituents is 1. The van der Waals surface area contributed by atoms with Gasteiger partial charge in [-0.05, 0) is 12.1 Å². The average Bonchev–Trinajstić information content (AvgIpc) is 2.30. The molecule has 0 spiro atoms. The summed E-state index contributed by atoms with van der Waals surface area (Å²) in [7, 11) is 0. The van der Waals surface area contributed by atoms with Gasteiger partial charge in [0.05, 0.1) is 4.92 Å². The van der Waals surface area contributed by atoms with Crippen molar-refractivity contribution in [1.82, 2.24) is 0 Å². The van der Waals surface area contributed by atoms with E-state index in [0.717, 1.165) is 0 Å². The van der Waals surface area contributed by atoms with Crippen LogP contribution in [-0.4, -0.2) is 16.7 Å². The number of amides is 1. The molecule has 1 N–H and O–H groups in total. The highest BCUT2D eigenvalue weighted by Crippen LogP contribution is 2.27. The molecule has 0 aromatic heterocycles. The van der Waals surface area contributed by atoms with E-state index in [2.05, 4.69) is 5.32 Å². The number of alkyl halides is 1. The van der Waals surface area contributed by atoms with Gasteiger partial charge in [0.2, 0.25) is 5.91 Å². The number of nitro groups is 1. The minimum atomic E-state index is -0.608. The first-order valence-electron chi connectivity index (χ1n) is 4.76. The number of carbonyl (C=O) groups excluding carboxylic acids is 1. The summed E-state index contributed by atoms with van der Waals surface area (Å²) in [5.74, 6) is -0.482. The Hall–Kier alpha value is -1.33. The Morgan fingerprint density at radius 2 is 2.24 bits per heavy atom. The van der Waals surface area contributed by atoms with Gasteiger partial charge in [-0.3, -0.25) is 14.9 Å². The van der Waals surface area contributed by atoms with Crippen molar-refractivity contribution in [2.75, 3.05) is 11.2 Å². The van der Waals surface area contributed by atoms with Crippen LogP contribution in [0.3, 0.4) is 0 Å². The van der Waals surface area contributed by atoms with Crippen molar-refractivity contribution in [2.24, 2.45) is 5.92 Å². The van der Waals surface area contributed by atoms with E-state index in [1.807, 2.05) is 0 Å². The molecule has 1 aromatic rings. The van der Waals surface area contributed by atoms with Gasteiger partial charge in [-0.25, -0.2) is 0 Å². The van der Waals surface area contributed by atoms with Crippen molar-refractivity contribution in [3.8, 4) is 0 Å². The zero-order chi connectivity index (χ0) is 13.0. The quantitative estimate of drug-likeness (QED) is 0.522.